The molecule has 2 fully saturated rings. The number of carbonyl (C=O) groups is 6. The Morgan fingerprint density at radius 1 is 0.760 bits per heavy atom. The summed E-state index contributed by atoms with van der Waals surface area (Å²) < 4.78 is 17.7. The number of amides is 3. The van der Waals surface area contributed by atoms with Crippen LogP contribution in [0.2, 0.25) is 10.0 Å². The zero-order valence-corrected chi connectivity index (χ0v) is 45.3. The Morgan fingerprint density at radius 3 is 2.13 bits per heavy atom. The number of para-hydroxylation sites is 1. The van der Waals surface area contributed by atoms with Crippen molar-refractivity contribution in [2.24, 2.45) is 11.8 Å². The van der Waals surface area contributed by atoms with E-state index in [2.05, 4.69) is 29.6 Å². The first-order valence-electron chi connectivity index (χ1n) is 25.9. The van der Waals surface area contributed by atoms with Crippen LogP contribution in [0.15, 0.2) is 126 Å². The third-order valence-electron chi connectivity index (χ3n) is 14.2. The van der Waals surface area contributed by atoms with Crippen LogP contribution in [0.5, 0.6) is 5.75 Å². The minimum Gasteiger partial charge on any atom is -0.448 e. The Labute approximate surface area is 454 Å². The summed E-state index contributed by atoms with van der Waals surface area (Å²) in [6.07, 6.45) is 1.68. The average Bonchev–Trinajstić information content (AvgIpc) is 4.12. The number of ether oxygens (including phenoxy) is 3. The zero-order valence-electron chi connectivity index (χ0n) is 42.9. The summed E-state index contributed by atoms with van der Waals surface area (Å²) in [5.41, 5.74) is 5.43. The van der Waals surface area contributed by atoms with Gasteiger partial charge in [0.05, 0.1) is 26.9 Å². The third kappa shape index (κ3) is 14.4. The molecular weight excluding hydrogens is 1010 g/mol. The highest BCUT2D eigenvalue weighted by atomic mass is 35.5. The quantitative estimate of drug-likeness (QED) is 0.0453. The molecule has 0 bridgehead atoms. The van der Waals surface area contributed by atoms with E-state index < -0.39 is 47.7 Å². The zero-order chi connectivity index (χ0) is 53.2. The highest BCUT2D eigenvalue weighted by molar-refractivity contribution is 7.99. The number of benzene rings is 5. The molecule has 1 aliphatic heterocycles. The maximum atomic E-state index is 15.5. The Hall–Kier alpha value is -6.15. The Balaban J connectivity index is 1.04. The normalized spacial score (nSPS) is 18.4. The van der Waals surface area contributed by atoms with Gasteiger partial charge in [-0.2, -0.15) is 0 Å². The van der Waals surface area contributed by atoms with E-state index in [0.717, 1.165) is 33.4 Å². The number of Topliss-reactive ketones (excluding diaryl/α,β-unsaturated/α-hetero) is 2. The number of thioether (sulfide) groups is 1. The molecule has 5 aromatic rings. The van der Waals surface area contributed by atoms with Crippen molar-refractivity contribution in [3.63, 3.8) is 0 Å². The molecule has 0 radical (unpaired) electrons. The Morgan fingerprint density at radius 2 is 1.43 bits per heavy atom. The van der Waals surface area contributed by atoms with E-state index in [-0.39, 0.29) is 79.9 Å². The number of carbonyl (C=O) groups excluding carboxylic acids is 6. The third-order valence-corrected chi connectivity index (χ3v) is 16.0. The summed E-state index contributed by atoms with van der Waals surface area (Å²) in [5, 5.41) is 3.60. The van der Waals surface area contributed by atoms with Crippen LogP contribution in [-0.2, 0) is 41.5 Å². The number of fused-ring (bicyclic) bond motifs is 3. The highest BCUT2D eigenvalue weighted by Gasteiger charge is 2.44. The lowest BCUT2D eigenvalue weighted by molar-refractivity contribution is -0.142. The molecule has 1 N–H and O–H groups in total. The van der Waals surface area contributed by atoms with Crippen LogP contribution < -0.4 is 10.1 Å². The van der Waals surface area contributed by atoms with Crippen LogP contribution in [0.1, 0.15) is 101 Å². The van der Waals surface area contributed by atoms with E-state index in [1.165, 1.54) is 21.6 Å². The molecule has 15 heteroatoms. The lowest BCUT2D eigenvalue weighted by Gasteiger charge is -2.35. The smallest absolute Gasteiger partial charge is 0.410 e. The molecule has 75 heavy (non-hydrogen) atoms. The lowest BCUT2D eigenvalue weighted by Crippen LogP contribution is -2.54. The molecule has 3 aliphatic rings. The van der Waals surface area contributed by atoms with Gasteiger partial charge in [-0.1, -0.05) is 127 Å². The molecular formula is C60H65Cl2N3O9S. The second-order valence-corrected chi connectivity index (χ2v) is 22.8. The van der Waals surface area contributed by atoms with Crippen molar-refractivity contribution < 1.29 is 43.0 Å². The van der Waals surface area contributed by atoms with Gasteiger partial charge in [0.2, 0.25) is 5.91 Å². The molecule has 3 amide bonds. The number of esters is 1. The van der Waals surface area contributed by atoms with Crippen molar-refractivity contribution in [3.05, 3.63) is 154 Å². The first kappa shape index (κ1) is 55.1. The minimum atomic E-state index is -1.08. The van der Waals surface area contributed by atoms with Gasteiger partial charge in [0.25, 0.3) is 0 Å². The van der Waals surface area contributed by atoms with Crippen molar-refractivity contribution >= 4 is 70.6 Å². The highest BCUT2D eigenvalue weighted by Crippen LogP contribution is 2.45. The second-order valence-electron chi connectivity index (χ2n) is 20.9. The first-order valence-corrected chi connectivity index (χ1v) is 27.6. The van der Waals surface area contributed by atoms with Gasteiger partial charge in [-0.05, 0) is 123 Å². The molecule has 0 aromatic heterocycles. The number of nitrogens with one attached hydrogen (secondary N) is 1. The molecule has 0 spiro atoms. The van der Waals surface area contributed by atoms with Crippen LogP contribution in [-0.4, -0.2) is 94.6 Å². The maximum absolute atomic E-state index is 15.5. The van der Waals surface area contributed by atoms with Crippen molar-refractivity contribution in [2.75, 3.05) is 25.4 Å². The topological polar surface area (TPSA) is 149 Å². The molecule has 394 valence electrons. The van der Waals surface area contributed by atoms with E-state index in [1.54, 1.807) is 63.2 Å². The largest absolute Gasteiger partial charge is 0.448 e. The van der Waals surface area contributed by atoms with Gasteiger partial charge in [0.15, 0.2) is 5.78 Å². The molecule has 12 nitrogen and oxygen atoms in total. The standard InChI is InChI=1S/C60H65Cl2N3O9S/c1-38-32-51(65(35-38)59(71)72-36-48-46-18-10-8-16-44(46)45-17-9-11-19-47(45)48)56(68)64(31-30-43(66)27-22-39-14-6-5-7-15-39)52(53(67)29-24-40-23-28-49(61)50(62)33-40)37-75-55-21-13-12-20-54(55)73-57(69)41-25-26-42(34-41)63-58(70)74-60(2,3)4/h5-21,23,28,33,38,41-42,48,51-52H,22,24-27,29-32,34-37H2,1-4H3,(H,63,70)/t38-,41+,42+,51+,52-/m1/s1. The van der Waals surface area contributed by atoms with Crippen LogP contribution in [0.4, 0.5) is 9.59 Å². The summed E-state index contributed by atoms with van der Waals surface area (Å²) >= 11 is 13.9. The van der Waals surface area contributed by atoms with E-state index in [9.17, 15) is 24.0 Å². The predicted octanol–water partition coefficient (Wildman–Crippen LogP) is 12.3. The van der Waals surface area contributed by atoms with Crippen molar-refractivity contribution in [3.8, 4) is 16.9 Å². The molecule has 8 rings (SSSR count). The number of rotatable bonds is 20. The molecule has 5 aromatic carbocycles. The fourth-order valence-electron chi connectivity index (χ4n) is 10.4. The second kappa shape index (κ2) is 25.1. The fourth-order valence-corrected chi connectivity index (χ4v) is 11.8. The number of hydrogen-bond donors (Lipinski definition) is 1. The van der Waals surface area contributed by atoms with Gasteiger partial charge in [0.1, 0.15) is 29.8 Å². The molecule has 2 aliphatic carbocycles. The number of halogens is 2. The van der Waals surface area contributed by atoms with Crippen LogP contribution in [0.3, 0.4) is 0 Å². The average molecular weight is 1080 g/mol. The number of nitrogens with zero attached hydrogens (tertiary/aromatic N) is 2. The van der Waals surface area contributed by atoms with Gasteiger partial charge in [-0.15, -0.1) is 11.8 Å². The van der Waals surface area contributed by atoms with Gasteiger partial charge < -0.3 is 24.4 Å². The monoisotopic (exact) mass is 1070 g/mol. The minimum absolute atomic E-state index is 0.0168. The van der Waals surface area contributed by atoms with Crippen LogP contribution in [0, 0.1) is 11.8 Å². The molecule has 5 atom stereocenters. The van der Waals surface area contributed by atoms with Crippen LogP contribution >= 0.6 is 35.0 Å². The SMILES string of the molecule is C[C@@H]1C[C@@H](C(=O)N(CCC(=O)CCc2ccccc2)[C@H](CSc2ccccc2OC(=O)[C@H]2CC[C@H](NC(=O)OC(C)(C)C)C2)C(=O)CCc2ccc(Cl)c(Cl)c2)N(C(=O)OCC2c3ccccc3-c3ccccc32)C1. The molecule has 1 saturated carbocycles. The number of hydrogen-bond acceptors (Lipinski definition) is 10. The van der Waals surface area contributed by atoms with E-state index in [0.29, 0.717) is 53.5 Å². The summed E-state index contributed by atoms with van der Waals surface area (Å²) in [7, 11) is 0. The number of ketones is 2. The van der Waals surface area contributed by atoms with Gasteiger partial charge in [-0.25, -0.2) is 9.59 Å². The number of alkyl carbamates (subject to hydrolysis) is 1. The van der Waals surface area contributed by atoms with Crippen molar-refractivity contribution in [1.29, 1.82) is 0 Å². The summed E-state index contributed by atoms with van der Waals surface area (Å²) in [6.45, 7) is 7.60. The van der Waals surface area contributed by atoms with Gasteiger partial charge >= 0.3 is 18.2 Å². The Kier molecular flexibility index (Phi) is 18.5. The Bertz CT molecular complexity index is 2830. The van der Waals surface area contributed by atoms with Gasteiger partial charge in [-0.3, -0.25) is 24.1 Å². The lowest BCUT2D eigenvalue weighted by atomic mass is 9.98. The summed E-state index contributed by atoms with van der Waals surface area (Å²) in [5.74, 6) is -1.64. The van der Waals surface area contributed by atoms with Crippen molar-refractivity contribution in [1.82, 2.24) is 15.1 Å². The number of aryl methyl sites for hydroxylation is 2. The molecule has 1 heterocycles. The van der Waals surface area contributed by atoms with E-state index in [1.807, 2.05) is 61.5 Å². The first-order chi connectivity index (χ1) is 36.0. The summed E-state index contributed by atoms with van der Waals surface area (Å²) in [4.78, 5) is 88.4. The maximum Gasteiger partial charge on any atom is 0.410 e. The summed E-state index contributed by atoms with van der Waals surface area (Å²) in [6, 6.07) is 35.8. The van der Waals surface area contributed by atoms with Gasteiger partial charge in [0, 0.05) is 50.1 Å². The predicted molar refractivity (Wildman–Crippen MR) is 292 cm³/mol. The number of likely N-dealkylation sites (tertiary alicyclic amines) is 1. The van der Waals surface area contributed by atoms with E-state index in [4.69, 9.17) is 37.4 Å². The van der Waals surface area contributed by atoms with Crippen molar-refractivity contribution in [2.45, 2.75) is 120 Å². The molecule has 1 saturated heterocycles. The van der Waals surface area contributed by atoms with Crippen LogP contribution in [0.25, 0.3) is 11.1 Å². The molecule has 0 unspecified atom stereocenters. The van der Waals surface area contributed by atoms with E-state index >= 15 is 4.79 Å². The fraction of sp³-hybridized carbons (Fsp3) is 0.400.